The topological polar surface area (TPSA) is 24.4 Å². The number of hydrazone groups is 1. The lowest BCUT2D eigenvalue weighted by Gasteiger charge is -2.03. The van der Waals surface area contributed by atoms with Crippen LogP contribution in [-0.4, -0.2) is 5.71 Å². The first-order valence-electron chi connectivity index (χ1n) is 5.47. The van der Waals surface area contributed by atoms with Crippen LogP contribution in [0.2, 0.25) is 0 Å². The number of benzene rings is 2. The summed E-state index contributed by atoms with van der Waals surface area (Å²) in [5.41, 5.74) is 5.55. The Labute approximate surface area is 114 Å². The minimum Gasteiger partial charge on any atom is -0.278 e. The van der Waals surface area contributed by atoms with Gasteiger partial charge in [-0.05, 0) is 48.9 Å². The van der Waals surface area contributed by atoms with Crippen LogP contribution in [0, 0.1) is 5.82 Å². The van der Waals surface area contributed by atoms with Gasteiger partial charge in [0.1, 0.15) is 5.82 Å². The lowest BCUT2D eigenvalue weighted by Crippen LogP contribution is -1.99. The Balaban J connectivity index is 2.09. The molecule has 4 heteroatoms. The van der Waals surface area contributed by atoms with Crippen LogP contribution >= 0.6 is 15.9 Å². The molecule has 2 aromatic rings. The number of nitrogens with zero attached hydrogens (tertiary/aromatic N) is 1. The Kier molecular flexibility index (Phi) is 4.10. The Morgan fingerprint density at radius 1 is 1.06 bits per heavy atom. The van der Waals surface area contributed by atoms with Crippen LogP contribution in [0.15, 0.2) is 58.1 Å². The third-order valence-corrected chi connectivity index (χ3v) is 2.99. The Morgan fingerprint density at radius 3 is 2.28 bits per heavy atom. The van der Waals surface area contributed by atoms with Crippen molar-refractivity contribution in [2.75, 3.05) is 5.43 Å². The number of rotatable bonds is 3. The molecule has 0 saturated carbocycles. The van der Waals surface area contributed by atoms with E-state index >= 15 is 0 Å². The summed E-state index contributed by atoms with van der Waals surface area (Å²) in [5, 5.41) is 4.25. The van der Waals surface area contributed by atoms with Crippen molar-refractivity contribution in [1.29, 1.82) is 0 Å². The van der Waals surface area contributed by atoms with Crippen LogP contribution in [0.3, 0.4) is 0 Å². The van der Waals surface area contributed by atoms with Gasteiger partial charge in [-0.2, -0.15) is 5.10 Å². The normalized spacial score (nSPS) is 11.4. The van der Waals surface area contributed by atoms with E-state index < -0.39 is 0 Å². The molecule has 0 spiro atoms. The van der Waals surface area contributed by atoms with Gasteiger partial charge in [-0.3, -0.25) is 5.43 Å². The molecular weight excluding hydrogens is 295 g/mol. The average Bonchev–Trinajstić information content (AvgIpc) is 2.38. The number of hydrogen-bond donors (Lipinski definition) is 1. The quantitative estimate of drug-likeness (QED) is 0.658. The maximum absolute atomic E-state index is 12.7. The molecule has 0 saturated heterocycles. The van der Waals surface area contributed by atoms with Crippen LogP contribution in [0.25, 0.3) is 0 Å². The fourth-order valence-corrected chi connectivity index (χ4v) is 1.69. The Hall–Kier alpha value is -1.68. The molecule has 0 amide bonds. The number of nitrogens with one attached hydrogen (secondary N) is 1. The number of halogens is 2. The van der Waals surface area contributed by atoms with Gasteiger partial charge in [0.25, 0.3) is 0 Å². The van der Waals surface area contributed by atoms with E-state index in [0.717, 1.165) is 21.4 Å². The van der Waals surface area contributed by atoms with Crippen molar-refractivity contribution in [2.45, 2.75) is 6.92 Å². The highest BCUT2D eigenvalue weighted by molar-refractivity contribution is 9.10. The van der Waals surface area contributed by atoms with E-state index in [9.17, 15) is 4.39 Å². The molecule has 2 aromatic carbocycles. The van der Waals surface area contributed by atoms with Crippen molar-refractivity contribution in [2.24, 2.45) is 5.10 Å². The standard InChI is InChI=1S/C14H12BrFN2/c1-10(11-2-4-12(15)5-3-11)17-18-14-8-6-13(16)7-9-14/h2-9,18H,1H3/b17-10-. The van der Waals surface area contributed by atoms with E-state index in [1.54, 1.807) is 12.1 Å². The van der Waals surface area contributed by atoms with Crippen molar-refractivity contribution >= 4 is 27.3 Å². The summed E-state index contributed by atoms with van der Waals surface area (Å²) in [6.07, 6.45) is 0. The molecular formula is C14H12BrFN2. The van der Waals surface area contributed by atoms with Crippen LogP contribution < -0.4 is 5.43 Å². The predicted molar refractivity (Wildman–Crippen MR) is 76.4 cm³/mol. The number of anilines is 1. The minimum atomic E-state index is -0.255. The zero-order chi connectivity index (χ0) is 13.0. The third-order valence-electron chi connectivity index (χ3n) is 2.46. The van der Waals surface area contributed by atoms with Gasteiger partial charge in [-0.25, -0.2) is 4.39 Å². The van der Waals surface area contributed by atoms with Crippen molar-refractivity contribution in [1.82, 2.24) is 0 Å². The average molecular weight is 307 g/mol. The molecule has 0 aliphatic heterocycles. The second kappa shape index (κ2) is 5.78. The minimum absolute atomic E-state index is 0.255. The van der Waals surface area contributed by atoms with E-state index in [1.807, 2.05) is 31.2 Å². The summed E-state index contributed by atoms with van der Waals surface area (Å²) >= 11 is 3.39. The smallest absolute Gasteiger partial charge is 0.123 e. The fraction of sp³-hybridized carbons (Fsp3) is 0.0714. The SMILES string of the molecule is C/C(=N/Nc1ccc(F)cc1)c1ccc(Br)cc1. The van der Waals surface area contributed by atoms with E-state index in [0.29, 0.717) is 0 Å². The van der Waals surface area contributed by atoms with Crippen LogP contribution in [0.4, 0.5) is 10.1 Å². The Bertz CT molecular complexity index is 547. The largest absolute Gasteiger partial charge is 0.278 e. The molecule has 0 aromatic heterocycles. The van der Waals surface area contributed by atoms with Crippen LogP contribution in [-0.2, 0) is 0 Å². The molecule has 1 N–H and O–H groups in total. The molecule has 2 rings (SSSR count). The zero-order valence-corrected chi connectivity index (χ0v) is 11.4. The molecule has 0 bridgehead atoms. The van der Waals surface area contributed by atoms with Gasteiger partial charge < -0.3 is 0 Å². The molecule has 0 heterocycles. The van der Waals surface area contributed by atoms with E-state index in [4.69, 9.17) is 0 Å². The third kappa shape index (κ3) is 3.40. The maximum atomic E-state index is 12.7. The number of hydrogen-bond acceptors (Lipinski definition) is 2. The molecule has 0 fully saturated rings. The molecule has 0 aliphatic rings. The van der Waals surface area contributed by atoms with E-state index in [1.165, 1.54) is 12.1 Å². The first-order chi connectivity index (χ1) is 8.65. The van der Waals surface area contributed by atoms with Crippen molar-refractivity contribution in [3.05, 3.63) is 64.4 Å². The molecule has 0 radical (unpaired) electrons. The van der Waals surface area contributed by atoms with Gasteiger partial charge >= 0.3 is 0 Å². The van der Waals surface area contributed by atoms with Crippen LogP contribution in [0.1, 0.15) is 12.5 Å². The highest BCUT2D eigenvalue weighted by Gasteiger charge is 1.97. The highest BCUT2D eigenvalue weighted by Crippen LogP contribution is 2.12. The summed E-state index contributed by atoms with van der Waals surface area (Å²) in [5.74, 6) is -0.255. The van der Waals surface area contributed by atoms with Gasteiger partial charge in [0.15, 0.2) is 0 Å². The predicted octanol–water partition coefficient (Wildman–Crippen LogP) is 4.42. The maximum Gasteiger partial charge on any atom is 0.123 e. The summed E-state index contributed by atoms with van der Waals surface area (Å²) in [6, 6.07) is 14.0. The summed E-state index contributed by atoms with van der Waals surface area (Å²) in [4.78, 5) is 0. The first-order valence-corrected chi connectivity index (χ1v) is 6.26. The zero-order valence-electron chi connectivity index (χ0n) is 9.82. The van der Waals surface area contributed by atoms with Crippen molar-refractivity contribution in [3.63, 3.8) is 0 Å². The van der Waals surface area contributed by atoms with Crippen molar-refractivity contribution in [3.8, 4) is 0 Å². The van der Waals surface area contributed by atoms with Gasteiger partial charge in [0.2, 0.25) is 0 Å². The summed E-state index contributed by atoms with van der Waals surface area (Å²) in [6.45, 7) is 1.92. The molecule has 0 aliphatic carbocycles. The monoisotopic (exact) mass is 306 g/mol. The van der Waals surface area contributed by atoms with Gasteiger partial charge in [0, 0.05) is 4.47 Å². The second-order valence-corrected chi connectivity index (χ2v) is 4.74. The first kappa shape index (κ1) is 12.8. The van der Waals surface area contributed by atoms with Gasteiger partial charge in [-0.1, -0.05) is 28.1 Å². The second-order valence-electron chi connectivity index (χ2n) is 3.82. The van der Waals surface area contributed by atoms with E-state index in [-0.39, 0.29) is 5.82 Å². The summed E-state index contributed by atoms with van der Waals surface area (Å²) < 4.78 is 13.8. The highest BCUT2D eigenvalue weighted by atomic mass is 79.9. The van der Waals surface area contributed by atoms with E-state index in [2.05, 4.69) is 26.5 Å². The molecule has 0 atom stereocenters. The molecule has 2 nitrogen and oxygen atoms in total. The molecule has 18 heavy (non-hydrogen) atoms. The lowest BCUT2D eigenvalue weighted by molar-refractivity contribution is 0.628. The van der Waals surface area contributed by atoms with Gasteiger partial charge in [-0.15, -0.1) is 0 Å². The van der Waals surface area contributed by atoms with Gasteiger partial charge in [0.05, 0.1) is 11.4 Å². The lowest BCUT2D eigenvalue weighted by atomic mass is 10.1. The molecule has 0 unspecified atom stereocenters. The fourth-order valence-electron chi connectivity index (χ4n) is 1.43. The molecule has 92 valence electrons. The Morgan fingerprint density at radius 2 is 1.67 bits per heavy atom. The van der Waals surface area contributed by atoms with Crippen molar-refractivity contribution < 1.29 is 4.39 Å². The van der Waals surface area contributed by atoms with Crippen LogP contribution in [0.5, 0.6) is 0 Å². The summed E-state index contributed by atoms with van der Waals surface area (Å²) in [7, 11) is 0.